The predicted molar refractivity (Wildman–Crippen MR) is 103 cm³/mol. The van der Waals surface area contributed by atoms with Crippen LogP contribution < -0.4 is 0 Å². The minimum absolute atomic E-state index is 0.0361. The van der Waals surface area contributed by atoms with E-state index in [1.807, 2.05) is 26.8 Å². The molecule has 11 atom stereocenters. The molecule has 0 aromatic rings. The van der Waals surface area contributed by atoms with E-state index in [1.54, 1.807) is 6.92 Å². The molecule has 0 radical (unpaired) electrons. The van der Waals surface area contributed by atoms with Crippen molar-refractivity contribution in [2.75, 3.05) is 14.2 Å². The van der Waals surface area contributed by atoms with Crippen molar-refractivity contribution in [2.24, 2.45) is 34.5 Å². The van der Waals surface area contributed by atoms with Gasteiger partial charge in [-0.15, -0.1) is 0 Å². The van der Waals surface area contributed by atoms with Gasteiger partial charge in [-0.05, 0) is 31.3 Å². The van der Waals surface area contributed by atoms with E-state index in [4.69, 9.17) is 14.2 Å². The molecule has 3 fully saturated rings. The number of fused-ring (bicyclic) bond motifs is 2. The summed E-state index contributed by atoms with van der Waals surface area (Å²) in [7, 11) is 2.96. The van der Waals surface area contributed by atoms with E-state index in [2.05, 4.69) is 0 Å². The summed E-state index contributed by atoms with van der Waals surface area (Å²) < 4.78 is 17.0. The lowest BCUT2D eigenvalue weighted by Crippen LogP contribution is -2.78. The maximum absolute atomic E-state index is 13.6. The summed E-state index contributed by atoms with van der Waals surface area (Å²) in [4.78, 5) is 13.6. The van der Waals surface area contributed by atoms with Gasteiger partial charge in [0.2, 0.25) is 5.78 Å². The van der Waals surface area contributed by atoms with E-state index in [1.165, 1.54) is 14.2 Å². The molecule has 0 aromatic heterocycles. The smallest absolute Gasteiger partial charge is 0.203 e. The number of hydrogen-bond donors (Lipinski definition) is 3. The van der Waals surface area contributed by atoms with Crippen molar-refractivity contribution < 1.29 is 34.3 Å². The number of hydrogen-bond acceptors (Lipinski definition) is 7. The average Bonchev–Trinajstić information content (AvgIpc) is 2.63. The fourth-order valence-electron chi connectivity index (χ4n) is 7.77. The van der Waals surface area contributed by atoms with Gasteiger partial charge in [-0.3, -0.25) is 4.79 Å². The van der Waals surface area contributed by atoms with Gasteiger partial charge >= 0.3 is 0 Å². The number of ether oxygens (including phenoxy) is 3. The minimum Gasteiger partial charge on any atom is -0.493 e. The zero-order valence-electron chi connectivity index (χ0n) is 18.1. The van der Waals surface area contributed by atoms with Crippen LogP contribution in [-0.4, -0.2) is 65.5 Å². The highest BCUT2D eigenvalue weighted by molar-refractivity contribution is 5.99. The second-order valence-electron chi connectivity index (χ2n) is 10.1. The van der Waals surface area contributed by atoms with Gasteiger partial charge in [-0.1, -0.05) is 20.8 Å². The Balaban J connectivity index is 1.95. The molecule has 1 saturated heterocycles. The molecule has 164 valence electrons. The largest absolute Gasteiger partial charge is 0.493 e. The lowest BCUT2D eigenvalue weighted by molar-refractivity contribution is -0.354. The van der Waals surface area contributed by atoms with Gasteiger partial charge in [0.15, 0.2) is 12.0 Å². The van der Waals surface area contributed by atoms with E-state index in [0.717, 1.165) is 0 Å². The first-order chi connectivity index (χ1) is 13.4. The highest BCUT2D eigenvalue weighted by Crippen LogP contribution is 2.69. The van der Waals surface area contributed by atoms with Crippen LogP contribution in [0.3, 0.4) is 0 Å². The van der Waals surface area contributed by atoms with E-state index < -0.39 is 46.8 Å². The van der Waals surface area contributed by atoms with Crippen molar-refractivity contribution in [3.8, 4) is 0 Å². The molecular weight excluding hydrogens is 376 g/mol. The van der Waals surface area contributed by atoms with Crippen molar-refractivity contribution in [1.82, 2.24) is 0 Å². The number of aliphatic hydroxyl groups excluding tert-OH is 2. The molecule has 0 spiro atoms. The first-order valence-electron chi connectivity index (χ1n) is 10.5. The third-order valence-corrected chi connectivity index (χ3v) is 8.93. The second-order valence-corrected chi connectivity index (χ2v) is 10.1. The van der Waals surface area contributed by atoms with Crippen LogP contribution in [0.2, 0.25) is 0 Å². The van der Waals surface area contributed by atoms with Crippen LogP contribution in [0.4, 0.5) is 0 Å². The summed E-state index contributed by atoms with van der Waals surface area (Å²) in [6.07, 6.45) is -0.691. The van der Waals surface area contributed by atoms with Crippen molar-refractivity contribution in [2.45, 2.75) is 70.7 Å². The third-order valence-electron chi connectivity index (χ3n) is 8.93. The number of ketones is 1. The van der Waals surface area contributed by atoms with Crippen molar-refractivity contribution in [3.63, 3.8) is 0 Å². The molecule has 7 nitrogen and oxygen atoms in total. The van der Waals surface area contributed by atoms with Gasteiger partial charge < -0.3 is 29.5 Å². The second kappa shape index (κ2) is 6.50. The third kappa shape index (κ3) is 2.45. The SMILES string of the molecule is COC1=CC(C)C2C[C@H]3OC(O)C[C@H]4[C@](C)(O)[C@H](OC)C(O)C([C@@]2(C)C1=O)[C@@]34C. The number of rotatable bonds is 2. The molecule has 4 rings (SSSR count). The molecule has 0 bridgehead atoms. The van der Waals surface area contributed by atoms with Crippen molar-refractivity contribution in [3.05, 3.63) is 11.8 Å². The molecule has 2 saturated carbocycles. The van der Waals surface area contributed by atoms with E-state index >= 15 is 0 Å². The standard InChI is InChI=1S/C22H34O7/c1-10-7-12(27-5)18(25)20(2)11(10)8-14-21(3)13(9-15(23)29-14)22(4,26)19(28-6)16(24)17(20)21/h7,10-11,13-17,19,23-24,26H,8-9H2,1-6H3/t10?,11?,13-,14-,15?,16?,17?,19-,20+,21-,22+/m1/s1. The number of aliphatic hydroxyl groups is 3. The Hall–Kier alpha value is -0.990. The topological polar surface area (TPSA) is 105 Å². The fraction of sp³-hybridized carbons (Fsp3) is 0.864. The first kappa shape index (κ1) is 21.2. The summed E-state index contributed by atoms with van der Waals surface area (Å²) in [6.45, 7) is 7.62. The van der Waals surface area contributed by atoms with Crippen LogP contribution in [0, 0.1) is 34.5 Å². The summed E-state index contributed by atoms with van der Waals surface area (Å²) in [5.74, 6) is -0.764. The van der Waals surface area contributed by atoms with Gasteiger partial charge in [0.05, 0.1) is 24.9 Å². The Morgan fingerprint density at radius 1 is 1.17 bits per heavy atom. The highest BCUT2D eigenvalue weighted by Gasteiger charge is 2.75. The van der Waals surface area contributed by atoms with Crippen molar-refractivity contribution in [1.29, 1.82) is 0 Å². The molecular formula is C22H34O7. The van der Waals surface area contributed by atoms with Crippen LogP contribution in [0.25, 0.3) is 0 Å². The highest BCUT2D eigenvalue weighted by atomic mass is 16.6. The number of Topliss-reactive ketones (excluding diaryl/α,β-unsaturated/α-hetero) is 1. The van der Waals surface area contributed by atoms with Gasteiger partial charge in [-0.25, -0.2) is 0 Å². The molecule has 3 N–H and O–H groups in total. The zero-order chi connectivity index (χ0) is 21.5. The Morgan fingerprint density at radius 2 is 1.83 bits per heavy atom. The zero-order valence-corrected chi connectivity index (χ0v) is 18.1. The Labute approximate surface area is 172 Å². The van der Waals surface area contributed by atoms with Crippen LogP contribution in [-0.2, 0) is 19.0 Å². The Kier molecular flexibility index (Phi) is 4.76. The lowest BCUT2D eigenvalue weighted by atomic mass is 9.37. The molecule has 0 aromatic carbocycles. The van der Waals surface area contributed by atoms with E-state index in [9.17, 15) is 20.1 Å². The first-order valence-corrected chi connectivity index (χ1v) is 10.5. The molecule has 4 aliphatic rings. The number of carbonyl (C=O) groups is 1. The molecule has 5 unspecified atom stereocenters. The predicted octanol–water partition coefficient (Wildman–Crippen LogP) is 1.25. The summed E-state index contributed by atoms with van der Waals surface area (Å²) in [5, 5.41) is 33.5. The molecule has 1 aliphatic heterocycles. The summed E-state index contributed by atoms with van der Waals surface area (Å²) in [5.41, 5.74) is -3.00. The van der Waals surface area contributed by atoms with Gasteiger partial charge in [0.25, 0.3) is 0 Å². The van der Waals surface area contributed by atoms with E-state index in [0.29, 0.717) is 12.2 Å². The molecule has 3 aliphatic carbocycles. The Morgan fingerprint density at radius 3 is 2.41 bits per heavy atom. The number of allylic oxidation sites excluding steroid dienone is 2. The van der Waals surface area contributed by atoms with Gasteiger partial charge in [-0.2, -0.15) is 0 Å². The normalized spacial score (nSPS) is 56.9. The quantitative estimate of drug-likeness (QED) is 0.629. The van der Waals surface area contributed by atoms with Crippen LogP contribution in [0.5, 0.6) is 0 Å². The fourth-order valence-corrected chi connectivity index (χ4v) is 7.77. The van der Waals surface area contributed by atoms with Gasteiger partial charge in [0.1, 0.15) is 6.10 Å². The minimum atomic E-state index is -1.38. The van der Waals surface area contributed by atoms with Crippen LogP contribution in [0.1, 0.15) is 40.5 Å². The summed E-state index contributed by atoms with van der Waals surface area (Å²) in [6, 6.07) is 0. The maximum Gasteiger partial charge on any atom is 0.203 e. The lowest BCUT2D eigenvalue weighted by Gasteiger charge is -2.70. The average molecular weight is 411 g/mol. The van der Waals surface area contributed by atoms with Gasteiger partial charge in [0, 0.05) is 36.2 Å². The molecule has 7 heteroatoms. The van der Waals surface area contributed by atoms with Crippen LogP contribution >= 0.6 is 0 Å². The number of methoxy groups -OCH3 is 2. The van der Waals surface area contributed by atoms with E-state index in [-0.39, 0.29) is 30.1 Å². The maximum atomic E-state index is 13.6. The summed E-state index contributed by atoms with van der Waals surface area (Å²) >= 11 is 0. The number of carbonyl (C=O) groups excluding carboxylic acids is 1. The van der Waals surface area contributed by atoms with Crippen LogP contribution in [0.15, 0.2) is 11.8 Å². The monoisotopic (exact) mass is 410 g/mol. The Bertz CT molecular complexity index is 733. The molecule has 1 heterocycles. The molecule has 29 heavy (non-hydrogen) atoms. The molecule has 0 amide bonds. The van der Waals surface area contributed by atoms with Crippen molar-refractivity contribution >= 4 is 5.78 Å².